The summed E-state index contributed by atoms with van der Waals surface area (Å²) in [5, 5.41) is 88.9. The number of benzene rings is 2. The Morgan fingerprint density at radius 1 is 1.10 bits per heavy atom. The molecule has 0 radical (unpaired) electrons. The minimum absolute atomic E-state index is 0.0338. The zero-order valence-corrected chi connectivity index (χ0v) is 28.8. The third kappa shape index (κ3) is 8.63. The Hall–Kier alpha value is -2.65. The molecule has 0 spiro atoms. The molecule has 4 rings (SSSR count). The summed E-state index contributed by atoms with van der Waals surface area (Å²) in [5.74, 6) is -14.1. The molecule has 2 aliphatic rings. The van der Waals surface area contributed by atoms with Gasteiger partial charge in [-0.05, 0) is 87.9 Å². The molecule has 2 saturated heterocycles. The molecule has 15 nitrogen and oxygen atoms in total. The van der Waals surface area contributed by atoms with Gasteiger partial charge in [0.15, 0.2) is 5.79 Å². The average Bonchev–Trinajstić information content (AvgIpc) is 3.39. The fourth-order valence-electron chi connectivity index (χ4n) is 5.54. The zero-order chi connectivity index (χ0) is 36.8. The minimum atomic E-state index is -3.37. The highest BCUT2D eigenvalue weighted by Gasteiger charge is 2.75. The van der Waals surface area contributed by atoms with Crippen molar-refractivity contribution in [2.45, 2.75) is 106 Å². The third-order valence-corrected chi connectivity index (χ3v) is 9.44. The number of alkyl carbamates (subject to hydrolysis) is 1. The van der Waals surface area contributed by atoms with Gasteiger partial charge in [-0.2, -0.15) is 4.31 Å². The molecular formula is C32H45FN2O13S. The summed E-state index contributed by atoms with van der Waals surface area (Å²) < 4.78 is 36.3. The Bertz CT molecular complexity index is 1480. The molecule has 9 N–H and O–H groups in total. The van der Waals surface area contributed by atoms with Gasteiger partial charge < -0.3 is 60.4 Å². The largest absolute Gasteiger partial charge is 0.463 e. The van der Waals surface area contributed by atoms with E-state index in [2.05, 4.69) is 5.32 Å². The van der Waals surface area contributed by atoms with E-state index in [0.717, 1.165) is 24.2 Å². The molecule has 5 unspecified atom stereocenters. The van der Waals surface area contributed by atoms with E-state index in [1.165, 1.54) is 52.0 Å². The van der Waals surface area contributed by atoms with E-state index in [9.17, 15) is 50.0 Å². The number of aryl methyl sites for hydroxylation is 1. The topological polar surface area (TPSA) is 231 Å². The van der Waals surface area contributed by atoms with Crippen molar-refractivity contribution in [1.29, 1.82) is 0 Å². The highest BCUT2D eigenvalue weighted by atomic mass is 32.2. The van der Waals surface area contributed by atoms with Gasteiger partial charge in [0.1, 0.15) is 17.2 Å². The average molecular weight is 717 g/mol. The quantitative estimate of drug-likeness (QED) is 0.103. The summed E-state index contributed by atoms with van der Waals surface area (Å²) in [6, 6.07) is 8.91. The molecule has 2 aromatic carbocycles. The molecule has 274 valence electrons. The number of aliphatic hydroxyl groups excluding tert-OH is 1. The second kappa shape index (κ2) is 13.8. The van der Waals surface area contributed by atoms with Gasteiger partial charge in [-0.15, -0.1) is 0 Å². The summed E-state index contributed by atoms with van der Waals surface area (Å²) in [4.78, 5) is 13.5. The molecule has 5 atom stereocenters. The summed E-state index contributed by atoms with van der Waals surface area (Å²) in [7, 11) is 0. The van der Waals surface area contributed by atoms with Crippen LogP contribution in [0.2, 0.25) is 0 Å². The molecule has 49 heavy (non-hydrogen) atoms. The van der Waals surface area contributed by atoms with Crippen LogP contribution in [0.1, 0.15) is 52.2 Å². The van der Waals surface area contributed by atoms with Crippen molar-refractivity contribution in [3.63, 3.8) is 0 Å². The Balaban J connectivity index is 1.63. The van der Waals surface area contributed by atoms with Crippen LogP contribution >= 0.6 is 11.9 Å². The van der Waals surface area contributed by atoms with Gasteiger partial charge >= 0.3 is 17.9 Å². The fourth-order valence-corrected chi connectivity index (χ4v) is 6.66. The summed E-state index contributed by atoms with van der Waals surface area (Å²) in [5.41, 5.74) is -1.39. The van der Waals surface area contributed by atoms with Crippen molar-refractivity contribution < 1.29 is 69.0 Å². The van der Waals surface area contributed by atoms with Crippen LogP contribution in [0.3, 0.4) is 0 Å². The van der Waals surface area contributed by atoms with E-state index in [-0.39, 0.29) is 24.3 Å². The first-order chi connectivity index (χ1) is 22.4. The minimum Gasteiger partial charge on any atom is -0.463 e. The Kier molecular flexibility index (Phi) is 11.0. The maximum absolute atomic E-state index is 14.4. The van der Waals surface area contributed by atoms with Crippen LogP contribution in [-0.4, -0.2) is 111 Å². The Morgan fingerprint density at radius 2 is 1.73 bits per heavy atom. The highest BCUT2D eigenvalue weighted by Crippen LogP contribution is 2.53. The number of rotatable bonds is 13. The number of halogens is 1. The van der Waals surface area contributed by atoms with Gasteiger partial charge in [-0.1, -0.05) is 18.2 Å². The van der Waals surface area contributed by atoms with E-state index in [0.29, 0.717) is 28.8 Å². The van der Waals surface area contributed by atoms with Crippen LogP contribution in [0.25, 0.3) is 0 Å². The van der Waals surface area contributed by atoms with Crippen LogP contribution in [0, 0.1) is 18.7 Å². The van der Waals surface area contributed by atoms with E-state index in [1.54, 1.807) is 12.1 Å². The lowest BCUT2D eigenvalue weighted by atomic mass is 9.91. The van der Waals surface area contributed by atoms with Crippen molar-refractivity contribution in [3.8, 4) is 5.75 Å². The maximum Gasteiger partial charge on any atom is 0.410 e. The molecular weight excluding hydrogens is 671 g/mol. The van der Waals surface area contributed by atoms with Crippen LogP contribution in [0.4, 0.5) is 9.18 Å². The number of nitrogens with one attached hydrogen (secondary N) is 1. The summed E-state index contributed by atoms with van der Waals surface area (Å²) in [6.07, 6.45) is -3.24. The van der Waals surface area contributed by atoms with Gasteiger partial charge in [-0.3, -0.25) is 4.74 Å². The number of ether oxygens (including phenoxy) is 4. The number of carbonyl (C=O) groups is 1. The molecule has 1 amide bonds. The van der Waals surface area contributed by atoms with Gasteiger partial charge in [0.25, 0.3) is 5.91 Å². The highest BCUT2D eigenvalue weighted by molar-refractivity contribution is 7.97. The van der Waals surface area contributed by atoms with E-state index in [4.69, 9.17) is 18.9 Å². The third-order valence-electron chi connectivity index (χ3n) is 8.36. The number of fused-ring (bicyclic) bond motifs is 1. The number of hydrogen-bond acceptors (Lipinski definition) is 15. The smallest absolute Gasteiger partial charge is 0.410 e. The molecule has 2 fully saturated rings. The first kappa shape index (κ1) is 39.1. The number of aliphatic hydroxyl groups is 8. The lowest BCUT2D eigenvalue weighted by Gasteiger charge is -2.43. The predicted octanol–water partition coefficient (Wildman–Crippen LogP) is 0.768. The summed E-state index contributed by atoms with van der Waals surface area (Å²) >= 11 is 0.611. The normalized spacial score (nSPS) is 25.2. The first-order valence-corrected chi connectivity index (χ1v) is 16.2. The standard InChI is InChI=1S/C32H45FN2O13S/c1-18-7-12-21(16-22(18)33)49-35(31(41,42)27(2,3)38)17-24(36)23(15-19-8-10-20(11-9-19)46-28(4,5)39)34-26(37)47-30(40)25-13-14-45-29(25,6)48-32(30,43)44/h7-12,16,23-25,36,38-44H,13-15,17H2,1-6H3,(H,34,37). The SMILES string of the molecule is Cc1ccc(SN(CC(O)C(Cc2ccc(OC(C)(C)O)cc2)NC(=O)OC2(O)C3CCOC3(C)OC2(O)O)C(O)(O)C(C)(C)O)cc1F. The summed E-state index contributed by atoms with van der Waals surface area (Å²) in [6.45, 7) is 7.34. The van der Waals surface area contributed by atoms with Crippen LogP contribution < -0.4 is 10.1 Å². The zero-order valence-electron chi connectivity index (χ0n) is 28.0. The van der Waals surface area contributed by atoms with E-state index in [1.807, 2.05) is 0 Å². The van der Waals surface area contributed by atoms with Crippen molar-refractivity contribution in [1.82, 2.24) is 9.62 Å². The second-order valence-electron chi connectivity index (χ2n) is 13.5. The number of carbonyl (C=O) groups excluding carboxylic acids is 1. The number of hydrogen-bond donors (Lipinski definition) is 9. The number of amides is 1. The molecule has 0 aliphatic carbocycles. The molecule has 0 bridgehead atoms. The van der Waals surface area contributed by atoms with E-state index >= 15 is 0 Å². The monoisotopic (exact) mass is 716 g/mol. The molecule has 0 aromatic heterocycles. The Labute approximate surface area is 286 Å². The van der Waals surface area contributed by atoms with Gasteiger partial charge in [-0.25, -0.2) is 9.18 Å². The van der Waals surface area contributed by atoms with Crippen molar-refractivity contribution in [2.24, 2.45) is 5.92 Å². The van der Waals surface area contributed by atoms with Crippen LogP contribution in [-0.2, 0) is 20.6 Å². The molecule has 2 aliphatic heterocycles. The first-order valence-electron chi connectivity index (χ1n) is 15.4. The van der Waals surface area contributed by atoms with E-state index < -0.39 is 71.4 Å². The van der Waals surface area contributed by atoms with Gasteiger partial charge in [0.05, 0.1) is 24.7 Å². The number of nitrogens with zero attached hydrogens (tertiary/aromatic N) is 1. The van der Waals surface area contributed by atoms with Gasteiger partial charge in [0, 0.05) is 25.3 Å². The van der Waals surface area contributed by atoms with Crippen molar-refractivity contribution in [3.05, 3.63) is 59.4 Å². The molecule has 17 heteroatoms. The molecule has 2 aromatic rings. The van der Waals surface area contributed by atoms with Crippen molar-refractivity contribution >= 4 is 18.0 Å². The molecule has 0 saturated carbocycles. The molecule has 2 heterocycles. The van der Waals surface area contributed by atoms with Crippen molar-refractivity contribution in [2.75, 3.05) is 13.2 Å². The van der Waals surface area contributed by atoms with Crippen LogP contribution in [0.15, 0.2) is 47.4 Å². The lowest BCUT2D eigenvalue weighted by molar-refractivity contribution is -0.447. The fraction of sp³-hybridized carbons (Fsp3) is 0.594. The Morgan fingerprint density at radius 3 is 2.31 bits per heavy atom. The van der Waals surface area contributed by atoms with Crippen LogP contribution in [0.5, 0.6) is 5.75 Å². The predicted molar refractivity (Wildman–Crippen MR) is 169 cm³/mol. The lowest BCUT2D eigenvalue weighted by Crippen LogP contribution is -2.63. The second-order valence-corrected chi connectivity index (χ2v) is 14.6. The maximum atomic E-state index is 14.4. The van der Waals surface area contributed by atoms with Gasteiger partial charge in [0.2, 0.25) is 5.79 Å².